The largest absolute Gasteiger partial charge is 0.223 e. The van der Waals surface area contributed by atoms with E-state index >= 15 is 0 Å². The normalized spacial score (nSPS) is 12.0. The highest BCUT2D eigenvalue weighted by Gasteiger charge is 2.18. The van der Waals surface area contributed by atoms with Crippen molar-refractivity contribution in [2.75, 3.05) is 6.26 Å². The van der Waals surface area contributed by atoms with Crippen molar-refractivity contribution >= 4 is 21.6 Å². The molecule has 0 heterocycles. The number of benzene rings is 1. The van der Waals surface area contributed by atoms with Crippen molar-refractivity contribution in [3.8, 4) is 0 Å². The van der Waals surface area contributed by atoms with Gasteiger partial charge in [-0.05, 0) is 38.3 Å². The molecule has 4 heteroatoms. The molecule has 0 saturated heterocycles. The lowest BCUT2D eigenvalue weighted by molar-refractivity contribution is 0.587. The molecule has 0 aromatic heterocycles. The first-order valence-electron chi connectivity index (χ1n) is 4.36. The summed E-state index contributed by atoms with van der Waals surface area (Å²) in [5.41, 5.74) is 0. The first kappa shape index (κ1) is 11.6. The zero-order valence-corrected chi connectivity index (χ0v) is 10.2. The quantitative estimate of drug-likeness (QED) is 0.748. The van der Waals surface area contributed by atoms with Crippen molar-refractivity contribution in [2.45, 2.75) is 28.9 Å². The summed E-state index contributed by atoms with van der Waals surface area (Å²) in [6.45, 7) is 3.39. The Balaban J connectivity index is 3.20. The van der Waals surface area contributed by atoms with E-state index in [0.717, 1.165) is 4.90 Å². The average molecular weight is 230 g/mol. The van der Waals surface area contributed by atoms with Gasteiger partial charge in [0.2, 0.25) is 0 Å². The minimum absolute atomic E-state index is 0.361. The number of rotatable bonds is 3. The number of thioether (sulfide) groups is 1. The highest BCUT2D eigenvalue weighted by Crippen LogP contribution is 2.21. The molecule has 0 aliphatic carbocycles. The molecule has 78 valence electrons. The maximum atomic E-state index is 11.8. The molecule has 0 fully saturated rings. The van der Waals surface area contributed by atoms with Gasteiger partial charge < -0.3 is 0 Å². The lowest BCUT2D eigenvalue weighted by Crippen LogP contribution is -2.13. The monoisotopic (exact) mass is 230 g/mol. The predicted molar refractivity (Wildman–Crippen MR) is 60.5 cm³/mol. The third-order valence-electron chi connectivity index (χ3n) is 1.99. The number of sulfone groups is 1. The Morgan fingerprint density at radius 3 is 2.43 bits per heavy atom. The first-order chi connectivity index (χ1) is 6.48. The topological polar surface area (TPSA) is 34.1 Å². The van der Waals surface area contributed by atoms with Crippen LogP contribution in [0.15, 0.2) is 34.1 Å². The summed E-state index contributed by atoms with van der Waals surface area (Å²) in [6, 6.07) is 7.06. The van der Waals surface area contributed by atoms with E-state index in [9.17, 15) is 8.42 Å². The highest BCUT2D eigenvalue weighted by molar-refractivity contribution is 7.98. The second-order valence-electron chi connectivity index (χ2n) is 3.27. The van der Waals surface area contributed by atoms with Crippen LogP contribution in [0.25, 0.3) is 0 Å². The van der Waals surface area contributed by atoms with Gasteiger partial charge in [-0.15, -0.1) is 11.8 Å². The van der Waals surface area contributed by atoms with Crippen LogP contribution < -0.4 is 0 Å². The molecule has 0 aliphatic rings. The zero-order valence-electron chi connectivity index (χ0n) is 8.52. The van der Waals surface area contributed by atoms with E-state index in [0.29, 0.717) is 4.90 Å². The molecule has 1 aromatic rings. The molecular weight excluding hydrogens is 216 g/mol. The summed E-state index contributed by atoms with van der Waals surface area (Å²) >= 11 is 1.55. The van der Waals surface area contributed by atoms with E-state index in [-0.39, 0.29) is 5.25 Å². The molecule has 1 rings (SSSR count). The zero-order chi connectivity index (χ0) is 10.8. The summed E-state index contributed by atoms with van der Waals surface area (Å²) in [5, 5.41) is -0.361. The minimum atomic E-state index is -3.12. The van der Waals surface area contributed by atoms with Crippen molar-refractivity contribution < 1.29 is 8.42 Å². The van der Waals surface area contributed by atoms with Gasteiger partial charge in [-0.25, -0.2) is 8.42 Å². The minimum Gasteiger partial charge on any atom is -0.223 e. The van der Waals surface area contributed by atoms with E-state index in [4.69, 9.17) is 0 Å². The summed E-state index contributed by atoms with van der Waals surface area (Å²) in [7, 11) is -3.12. The number of hydrogen-bond acceptors (Lipinski definition) is 3. The van der Waals surface area contributed by atoms with Gasteiger partial charge in [0.05, 0.1) is 10.1 Å². The number of hydrogen-bond donors (Lipinski definition) is 0. The molecule has 0 aliphatic heterocycles. The van der Waals surface area contributed by atoms with Crippen LogP contribution in [0.1, 0.15) is 13.8 Å². The van der Waals surface area contributed by atoms with Gasteiger partial charge in [-0.2, -0.15) is 0 Å². The van der Waals surface area contributed by atoms with E-state index in [1.54, 1.807) is 43.8 Å². The Bertz CT molecular complexity index is 408. The van der Waals surface area contributed by atoms with E-state index < -0.39 is 9.84 Å². The summed E-state index contributed by atoms with van der Waals surface area (Å²) in [5.74, 6) is 0. The Labute approximate surface area is 89.6 Å². The van der Waals surface area contributed by atoms with Crippen molar-refractivity contribution in [3.63, 3.8) is 0 Å². The second kappa shape index (κ2) is 4.36. The van der Waals surface area contributed by atoms with Crippen LogP contribution in [0.3, 0.4) is 0 Å². The maximum absolute atomic E-state index is 11.8. The second-order valence-corrected chi connectivity index (χ2v) is 6.66. The third kappa shape index (κ3) is 2.30. The summed E-state index contributed by atoms with van der Waals surface area (Å²) in [4.78, 5) is 1.39. The van der Waals surface area contributed by atoms with Crippen LogP contribution in [0.4, 0.5) is 0 Å². The summed E-state index contributed by atoms with van der Waals surface area (Å²) in [6.07, 6.45) is 1.93. The van der Waals surface area contributed by atoms with E-state index in [1.165, 1.54) is 0 Å². The van der Waals surface area contributed by atoms with Crippen LogP contribution in [0, 0.1) is 0 Å². The van der Waals surface area contributed by atoms with E-state index in [2.05, 4.69) is 0 Å². The Kier molecular flexibility index (Phi) is 3.61. The Morgan fingerprint density at radius 1 is 1.29 bits per heavy atom. The highest BCUT2D eigenvalue weighted by atomic mass is 32.2. The molecule has 14 heavy (non-hydrogen) atoms. The van der Waals surface area contributed by atoms with Gasteiger partial charge in [-0.1, -0.05) is 6.07 Å². The fourth-order valence-electron chi connectivity index (χ4n) is 1.05. The maximum Gasteiger partial charge on any atom is 0.180 e. The molecule has 0 radical (unpaired) electrons. The van der Waals surface area contributed by atoms with E-state index in [1.807, 2.05) is 12.3 Å². The van der Waals surface area contributed by atoms with Crippen molar-refractivity contribution in [3.05, 3.63) is 24.3 Å². The molecule has 0 saturated carbocycles. The van der Waals surface area contributed by atoms with Crippen LogP contribution in [-0.2, 0) is 9.84 Å². The third-order valence-corrected chi connectivity index (χ3v) is 4.87. The molecule has 1 aromatic carbocycles. The van der Waals surface area contributed by atoms with Gasteiger partial charge in [0.25, 0.3) is 0 Å². The predicted octanol–water partition coefficient (Wildman–Crippen LogP) is 2.59. The van der Waals surface area contributed by atoms with Crippen molar-refractivity contribution in [1.29, 1.82) is 0 Å². The van der Waals surface area contributed by atoms with Gasteiger partial charge in [0, 0.05) is 4.90 Å². The van der Waals surface area contributed by atoms with Crippen molar-refractivity contribution in [2.24, 2.45) is 0 Å². The van der Waals surface area contributed by atoms with Crippen LogP contribution >= 0.6 is 11.8 Å². The van der Waals surface area contributed by atoms with Gasteiger partial charge in [0.1, 0.15) is 0 Å². The molecule has 0 N–H and O–H groups in total. The summed E-state index contributed by atoms with van der Waals surface area (Å²) < 4.78 is 23.6. The average Bonchev–Trinajstić information content (AvgIpc) is 2.17. The van der Waals surface area contributed by atoms with Gasteiger partial charge >= 0.3 is 0 Å². The lowest BCUT2D eigenvalue weighted by atomic mass is 10.4. The first-order valence-corrected chi connectivity index (χ1v) is 7.13. The molecule has 0 unspecified atom stereocenters. The lowest BCUT2D eigenvalue weighted by Gasteiger charge is -2.08. The molecule has 0 amide bonds. The fourth-order valence-corrected chi connectivity index (χ4v) is 2.69. The van der Waals surface area contributed by atoms with Crippen LogP contribution in [-0.4, -0.2) is 19.9 Å². The Morgan fingerprint density at radius 2 is 1.93 bits per heavy atom. The van der Waals surface area contributed by atoms with Gasteiger partial charge in [-0.3, -0.25) is 0 Å². The van der Waals surface area contributed by atoms with Crippen LogP contribution in [0.2, 0.25) is 0 Å². The molecule has 2 nitrogen and oxygen atoms in total. The fraction of sp³-hybridized carbons (Fsp3) is 0.400. The van der Waals surface area contributed by atoms with Crippen LogP contribution in [0.5, 0.6) is 0 Å². The molecule has 0 atom stereocenters. The molecule has 0 bridgehead atoms. The smallest absolute Gasteiger partial charge is 0.180 e. The SMILES string of the molecule is CSc1cccc(S(=O)(=O)C(C)C)c1. The molecule has 0 spiro atoms. The van der Waals surface area contributed by atoms with Gasteiger partial charge in [0.15, 0.2) is 9.84 Å². The molecular formula is C10H14O2S2. The Hall–Kier alpha value is -0.480. The van der Waals surface area contributed by atoms with Crippen molar-refractivity contribution in [1.82, 2.24) is 0 Å². The standard InChI is InChI=1S/C10H14O2S2/c1-8(2)14(11,12)10-6-4-5-9(7-10)13-3/h4-8H,1-3H3.